The predicted molar refractivity (Wildman–Crippen MR) is 116 cm³/mol. The van der Waals surface area contributed by atoms with Crippen molar-refractivity contribution in [3.63, 3.8) is 0 Å². The third kappa shape index (κ3) is 4.55. The van der Waals surface area contributed by atoms with Crippen molar-refractivity contribution >= 4 is 29.4 Å². The van der Waals surface area contributed by atoms with Crippen LogP contribution in [-0.4, -0.2) is 61.0 Å². The average molecular weight is 443 g/mol. The molecule has 4 rings (SSSR count). The minimum atomic E-state index is -0.818. The zero-order valence-electron chi connectivity index (χ0n) is 18.5. The van der Waals surface area contributed by atoms with Gasteiger partial charge in [0.25, 0.3) is 5.91 Å². The maximum atomic E-state index is 13.5. The Balaban J connectivity index is 1.55. The Morgan fingerprint density at radius 2 is 1.78 bits per heavy atom. The Morgan fingerprint density at radius 3 is 2.41 bits per heavy atom. The number of benzene rings is 1. The van der Waals surface area contributed by atoms with Crippen LogP contribution in [0.15, 0.2) is 24.3 Å². The van der Waals surface area contributed by atoms with E-state index in [1.54, 1.807) is 17.0 Å². The number of esters is 1. The van der Waals surface area contributed by atoms with Crippen molar-refractivity contribution in [3.05, 3.63) is 29.8 Å². The van der Waals surface area contributed by atoms with Crippen molar-refractivity contribution in [1.29, 1.82) is 0 Å². The van der Waals surface area contributed by atoms with Gasteiger partial charge in [-0.15, -0.1) is 0 Å². The van der Waals surface area contributed by atoms with Gasteiger partial charge in [-0.05, 0) is 49.9 Å². The molecular weight excluding hydrogens is 412 g/mol. The molecule has 0 aromatic heterocycles. The van der Waals surface area contributed by atoms with Crippen molar-refractivity contribution in [1.82, 2.24) is 4.90 Å². The summed E-state index contributed by atoms with van der Waals surface area (Å²) < 4.78 is 10.4. The standard InChI is InChI=1S/C24H30N2O6/c1-31-24(30)17-9-11-18(12-10-17)26-21(27)14-20(23(26)29)25(15-19-8-5-13-32-19)22(28)16-6-3-2-4-7-16/h9-12,16,19-20H,2-8,13-15H2,1H3. The Labute approximate surface area is 187 Å². The molecule has 2 heterocycles. The van der Waals surface area contributed by atoms with Crippen molar-refractivity contribution in [3.8, 4) is 0 Å². The lowest BCUT2D eigenvalue weighted by Crippen LogP contribution is -2.50. The number of hydrogen-bond donors (Lipinski definition) is 0. The van der Waals surface area contributed by atoms with Crippen molar-refractivity contribution in [2.75, 3.05) is 25.2 Å². The molecule has 172 valence electrons. The summed E-state index contributed by atoms with van der Waals surface area (Å²) in [6.07, 6.45) is 6.46. The molecule has 1 aromatic rings. The van der Waals surface area contributed by atoms with Crippen LogP contribution in [0, 0.1) is 5.92 Å². The van der Waals surface area contributed by atoms with Crippen LogP contribution in [0.3, 0.4) is 0 Å². The van der Waals surface area contributed by atoms with Gasteiger partial charge in [0.15, 0.2) is 0 Å². The predicted octanol–water partition coefficient (Wildman–Crippen LogP) is 2.69. The average Bonchev–Trinajstić information content (AvgIpc) is 3.44. The molecule has 1 saturated carbocycles. The van der Waals surface area contributed by atoms with Gasteiger partial charge in [-0.1, -0.05) is 19.3 Å². The molecule has 2 atom stereocenters. The minimum absolute atomic E-state index is 0.0331. The lowest BCUT2D eigenvalue weighted by atomic mass is 9.87. The Hall–Kier alpha value is -2.74. The van der Waals surface area contributed by atoms with E-state index in [0.29, 0.717) is 24.4 Å². The fourth-order valence-corrected chi connectivity index (χ4v) is 4.96. The summed E-state index contributed by atoms with van der Waals surface area (Å²) in [5.41, 5.74) is 0.719. The summed E-state index contributed by atoms with van der Waals surface area (Å²) in [6.45, 7) is 1.00. The third-order valence-corrected chi connectivity index (χ3v) is 6.71. The number of carbonyl (C=O) groups excluding carboxylic acids is 4. The lowest BCUT2D eigenvalue weighted by molar-refractivity contribution is -0.144. The van der Waals surface area contributed by atoms with E-state index in [0.717, 1.165) is 49.8 Å². The second-order valence-corrected chi connectivity index (χ2v) is 8.79. The van der Waals surface area contributed by atoms with Crippen LogP contribution < -0.4 is 4.90 Å². The molecule has 1 aromatic carbocycles. The van der Waals surface area contributed by atoms with Crippen LogP contribution in [0.4, 0.5) is 5.69 Å². The van der Waals surface area contributed by atoms with E-state index < -0.39 is 17.9 Å². The zero-order chi connectivity index (χ0) is 22.7. The summed E-state index contributed by atoms with van der Waals surface area (Å²) in [5, 5.41) is 0. The molecule has 2 unspecified atom stereocenters. The highest BCUT2D eigenvalue weighted by Crippen LogP contribution is 2.31. The summed E-state index contributed by atoms with van der Waals surface area (Å²) in [6, 6.07) is 5.33. The van der Waals surface area contributed by atoms with E-state index in [4.69, 9.17) is 9.47 Å². The molecule has 8 heteroatoms. The van der Waals surface area contributed by atoms with Gasteiger partial charge in [0.2, 0.25) is 11.8 Å². The van der Waals surface area contributed by atoms with Crippen LogP contribution in [0.25, 0.3) is 0 Å². The molecule has 0 radical (unpaired) electrons. The summed E-state index contributed by atoms with van der Waals surface area (Å²) in [7, 11) is 1.29. The highest BCUT2D eigenvalue weighted by atomic mass is 16.5. The van der Waals surface area contributed by atoms with Crippen LogP contribution in [-0.2, 0) is 23.9 Å². The molecule has 3 amide bonds. The van der Waals surface area contributed by atoms with E-state index >= 15 is 0 Å². The highest BCUT2D eigenvalue weighted by molar-refractivity contribution is 6.23. The molecule has 2 aliphatic heterocycles. The second kappa shape index (κ2) is 9.81. The monoisotopic (exact) mass is 442 g/mol. The number of amides is 3. The number of hydrogen-bond acceptors (Lipinski definition) is 6. The Kier molecular flexibility index (Phi) is 6.89. The number of nitrogens with zero attached hydrogens (tertiary/aromatic N) is 2. The van der Waals surface area contributed by atoms with Crippen LogP contribution >= 0.6 is 0 Å². The summed E-state index contributed by atoms with van der Waals surface area (Å²) >= 11 is 0. The molecule has 0 N–H and O–H groups in total. The van der Waals surface area contributed by atoms with E-state index in [1.165, 1.54) is 19.2 Å². The van der Waals surface area contributed by atoms with Crippen LogP contribution in [0.1, 0.15) is 61.7 Å². The van der Waals surface area contributed by atoms with Gasteiger partial charge in [-0.25, -0.2) is 9.69 Å². The third-order valence-electron chi connectivity index (χ3n) is 6.71. The molecule has 0 spiro atoms. The first kappa shape index (κ1) is 22.5. The number of methoxy groups -OCH3 is 1. The van der Waals surface area contributed by atoms with Gasteiger partial charge in [0, 0.05) is 19.1 Å². The Bertz CT molecular complexity index is 871. The van der Waals surface area contributed by atoms with Crippen molar-refractivity contribution < 1.29 is 28.7 Å². The quantitative estimate of drug-likeness (QED) is 0.497. The smallest absolute Gasteiger partial charge is 0.337 e. The summed E-state index contributed by atoms with van der Waals surface area (Å²) in [4.78, 5) is 54.1. The van der Waals surface area contributed by atoms with Gasteiger partial charge in [0.1, 0.15) is 6.04 Å². The maximum absolute atomic E-state index is 13.5. The van der Waals surface area contributed by atoms with Gasteiger partial charge in [-0.2, -0.15) is 0 Å². The van der Waals surface area contributed by atoms with E-state index in [2.05, 4.69) is 0 Å². The molecule has 3 aliphatic rings. The van der Waals surface area contributed by atoms with Crippen LogP contribution in [0.5, 0.6) is 0 Å². The lowest BCUT2D eigenvalue weighted by Gasteiger charge is -2.34. The molecule has 32 heavy (non-hydrogen) atoms. The normalized spacial score (nSPS) is 24.1. The SMILES string of the molecule is COC(=O)c1ccc(N2C(=O)CC(N(CC3CCCO3)C(=O)C3CCCCC3)C2=O)cc1. The number of rotatable bonds is 6. The van der Waals surface area contributed by atoms with E-state index in [9.17, 15) is 19.2 Å². The van der Waals surface area contributed by atoms with Crippen molar-refractivity contribution in [2.45, 2.75) is 63.5 Å². The fraction of sp³-hybridized carbons (Fsp3) is 0.583. The van der Waals surface area contributed by atoms with Gasteiger partial charge < -0.3 is 14.4 Å². The molecular formula is C24H30N2O6. The van der Waals surface area contributed by atoms with E-state index in [-0.39, 0.29) is 30.3 Å². The first-order valence-corrected chi connectivity index (χ1v) is 11.5. The van der Waals surface area contributed by atoms with Gasteiger partial charge in [-0.3, -0.25) is 14.4 Å². The van der Waals surface area contributed by atoms with E-state index in [1.807, 2.05) is 0 Å². The number of anilines is 1. The molecule has 0 bridgehead atoms. The fourth-order valence-electron chi connectivity index (χ4n) is 4.96. The van der Waals surface area contributed by atoms with Crippen LogP contribution in [0.2, 0.25) is 0 Å². The topological polar surface area (TPSA) is 93.2 Å². The highest BCUT2D eigenvalue weighted by Gasteiger charge is 2.46. The second-order valence-electron chi connectivity index (χ2n) is 8.79. The molecule has 3 fully saturated rings. The molecule has 2 saturated heterocycles. The molecule has 1 aliphatic carbocycles. The number of carbonyl (C=O) groups is 4. The largest absolute Gasteiger partial charge is 0.465 e. The molecule has 8 nitrogen and oxygen atoms in total. The Morgan fingerprint density at radius 1 is 1.06 bits per heavy atom. The summed E-state index contributed by atoms with van der Waals surface area (Å²) in [5.74, 6) is -1.37. The number of ether oxygens (including phenoxy) is 2. The zero-order valence-corrected chi connectivity index (χ0v) is 18.5. The van der Waals surface area contributed by atoms with Crippen molar-refractivity contribution in [2.24, 2.45) is 5.92 Å². The number of imide groups is 1. The maximum Gasteiger partial charge on any atom is 0.337 e. The minimum Gasteiger partial charge on any atom is -0.465 e. The first-order valence-electron chi connectivity index (χ1n) is 11.5. The van der Waals surface area contributed by atoms with Gasteiger partial charge in [0.05, 0.1) is 30.9 Å². The van der Waals surface area contributed by atoms with Gasteiger partial charge >= 0.3 is 5.97 Å². The first-order chi connectivity index (χ1) is 15.5.